The Balaban J connectivity index is 2.07. The summed E-state index contributed by atoms with van der Waals surface area (Å²) in [6.07, 6.45) is 0. The molecule has 0 aliphatic heterocycles. The number of hydrogen-bond donors (Lipinski definition) is 1. The average molecular weight is 252 g/mol. The van der Waals surface area contributed by atoms with E-state index in [1.165, 1.54) is 11.4 Å². The van der Waals surface area contributed by atoms with Crippen molar-refractivity contribution in [1.29, 1.82) is 0 Å². The van der Waals surface area contributed by atoms with Crippen LogP contribution in [0.1, 0.15) is 17.1 Å². The molecular formula is C12H20N4S. The van der Waals surface area contributed by atoms with Gasteiger partial charge in [0.1, 0.15) is 0 Å². The van der Waals surface area contributed by atoms with E-state index in [-0.39, 0.29) is 0 Å². The van der Waals surface area contributed by atoms with Crippen molar-refractivity contribution in [3.63, 3.8) is 0 Å². The highest BCUT2D eigenvalue weighted by atomic mass is 32.1. The molecule has 2 aromatic heterocycles. The zero-order valence-corrected chi connectivity index (χ0v) is 11.8. The SMILES string of the molecule is Cc1nc2scc(C)n2c1CNCCN(C)C. The topological polar surface area (TPSA) is 32.6 Å². The molecule has 0 aromatic carbocycles. The number of rotatable bonds is 5. The third-order valence-electron chi connectivity index (χ3n) is 2.86. The smallest absolute Gasteiger partial charge is 0.194 e. The van der Waals surface area contributed by atoms with Crippen molar-refractivity contribution < 1.29 is 0 Å². The van der Waals surface area contributed by atoms with E-state index < -0.39 is 0 Å². The Morgan fingerprint density at radius 2 is 2.18 bits per heavy atom. The number of aryl methyl sites for hydroxylation is 2. The highest BCUT2D eigenvalue weighted by Crippen LogP contribution is 2.20. The fourth-order valence-corrected chi connectivity index (χ4v) is 2.82. The van der Waals surface area contributed by atoms with Crippen molar-refractivity contribution >= 4 is 16.3 Å². The number of imidazole rings is 1. The zero-order chi connectivity index (χ0) is 12.4. The average Bonchev–Trinajstić information content (AvgIpc) is 2.75. The van der Waals surface area contributed by atoms with Crippen LogP contribution in [0.5, 0.6) is 0 Å². The molecule has 0 amide bonds. The molecule has 0 spiro atoms. The molecule has 0 atom stereocenters. The van der Waals surface area contributed by atoms with Gasteiger partial charge in [0.15, 0.2) is 4.96 Å². The summed E-state index contributed by atoms with van der Waals surface area (Å²) in [6.45, 7) is 7.17. The number of thiazole rings is 1. The molecule has 0 fully saturated rings. The van der Waals surface area contributed by atoms with E-state index in [2.05, 4.69) is 52.9 Å². The van der Waals surface area contributed by atoms with Crippen LogP contribution < -0.4 is 5.32 Å². The van der Waals surface area contributed by atoms with E-state index in [0.717, 1.165) is 30.3 Å². The molecule has 2 rings (SSSR count). The van der Waals surface area contributed by atoms with Gasteiger partial charge in [-0.3, -0.25) is 4.40 Å². The fourth-order valence-electron chi connectivity index (χ4n) is 1.89. The van der Waals surface area contributed by atoms with Crippen LogP contribution in [-0.4, -0.2) is 41.5 Å². The van der Waals surface area contributed by atoms with Crippen molar-refractivity contribution in [2.24, 2.45) is 0 Å². The van der Waals surface area contributed by atoms with Crippen molar-refractivity contribution in [2.75, 3.05) is 27.2 Å². The van der Waals surface area contributed by atoms with Crippen LogP contribution in [0, 0.1) is 13.8 Å². The van der Waals surface area contributed by atoms with E-state index >= 15 is 0 Å². The van der Waals surface area contributed by atoms with E-state index in [1.807, 2.05) is 0 Å². The second kappa shape index (κ2) is 5.16. The van der Waals surface area contributed by atoms with E-state index in [0.29, 0.717) is 0 Å². The van der Waals surface area contributed by atoms with Gasteiger partial charge < -0.3 is 10.2 Å². The van der Waals surface area contributed by atoms with Crippen LogP contribution in [0.15, 0.2) is 5.38 Å². The number of aromatic nitrogens is 2. The summed E-state index contributed by atoms with van der Waals surface area (Å²) in [5.74, 6) is 0. The highest BCUT2D eigenvalue weighted by molar-refractivity contribution is 7.15. The quantitative estimate of drug-likeness (QED) is 0.822. The van der Waals surface area contributed by atoms with Crippen molar-refractivity contribution in [3.8, 4) is 0 Å². The van der Waals surface area contributed by atoms with Gasteiger partial charge in [-0.2, -0.15) is 0 Å². The minimum absolute atomic E-state index is 0.887. The highest BCUT2D eigenvalue weighted by Gasteiger charge is 2.11. The first-order chi connectivity index (χ1) is 8.09. The lowest BCUT2D eigenvalue weighted by Gasteiger charge is -2.10. The Kier molecular flexibility index (Phi) is 3.81. The number of fused-ring (bicyclic) bond motifs is 1. The Morgan fingerprint density at radius 3 is 2.88 bits per heavy atom. The standard InChI is InChI=1S/C12H20N4S/c1-9-8-17-12-14-10(2)11(16(9)12)7-13-5-6-15(3)4/h8,13H,5-7H2,1-4H3. The summed E-state index contributed by atoms with van der Waals surface area (Å²) in [7, 11) is 4.18. The maximum absolute atomic E-state index is 4.58. The number of hydrogen-bond acceptors (Lipinski definition) is 4. The van der Waals surface area contributed by atoms with Crippen molar-refractivity contribution in [3.05, 3.63) is 22.5 Å². The lowest BCUT2D eigenvalue weighted by Crippen LogP contribution is -2.26. The molecular weight excluding hydrogens is 232 g/mol. The van der Waals surface area contributed by atoms with Gasteiger partial charge in [-0.05, 0) is 27.9 Å². The van der Waals surface area contributed by atoms with E-state index in [9.17, 15) is 0 Å². The van der Waals surface area contributed by atoms with Crippen LogP contribution in [0.2, 0.25) is 0 Å². The van der Waals surface area contributed by atoms with E-state index in [1.54, 1.807) is 11.3 Å². The van der Waals surface area contributed by atoms with Gasteiger partial charge in [0.2, 0.25) is 0 Å². The summed E-state index contributed by atoms with van der Waals surface area (Å²) in [6, 6.07) is 0. The van der Waals surface area contributed by atoms with Crippen molar-refractivity contribution in [1.82, 2.24) is 19.6 Å². The van der Waals surface area contributed by atoms with Gasteiger partial charge in [0, 0.05) is 30.7 Å². The fraction of sp³-hybridized carbons (Fsp3) is 0.583. The molecule has 0 aliphatic rings. The van der Waals surface area contributed by atoms with Crippen LogP contribution in [-0.2, 0) is 6.54 Å². The Hall–Kier alpha value is -0.910. The first-order valence-corrected chi connectivity index (χ1v) is 6.75. The van der Waals surface area contributed by atoms with Crippen molar-refractivity contribution in [2.45, 2.75) is 20.4 Å². The molecule has 4 nitrogen and oxygen atoms in total. The molecule has 0 saturated carbocycles. The van der Waals surface area contributed by atoms with Crippen LogP contribution in [0.25, 0.3) is 4.96 Å². The molecule has 1 N–H and O–H groups in total. The molecule has 94 valence electrons. The van der Waals surface area contributed by atoms with Crippen LogP contribution in [0.4, 0.5) is 0 Å². The van der Waals surface area contributed by atoms with Gasteiger partial charge in [-0.15, -0.1) is 11.3 Å². The molecule has 0 aliphatic carbocycles. The molecule has 0 unspecified atom stereocenters. The molecule has 0 radical (unpaired) electrons. The Labute approximate surface area is 106 Å². The van der Waals surface area contributed by atoms with Crippen LogP contribution >= 0.6 is 11.3 Å². The maximum Gasteiger partial charge on any atom is 0.194 e. The Bertz CT molecular complexity index is 498. The van der Waals surface area contributed by atoms with Gasteiger partial charge in [0.25, 0.3) is 0 Å². The van der Waals surface area contributed by atoms with Crippen LogP contribution in [0.3, 0.4) is 0 Å². The van der Waals surface area contributed by atoms with Gasteiger partial charge in [-0.1, -0.05) is 0 Å². The largest absolute Gasteiger partial charge is 0.310 e. The summed E-state index contributed by atoms with van der Waals surface area (Å²) < 4.78 is 2.25. The van der Waals surface area contributed by atoms with Gasteiger partial charge in [-0.25, -0.2) is 4.98 Å². The number of nitrogens with one attached hydrogen (secondary N) is 1. The number of nitrogens with zero attached hydrogens (tertiary/aromatic N) is 3. The lowest BCUT2D eigenvalue weighted by molar-refractivity contribution is 0.399. The number of likely N-dealkylation sites (N-methyl/N-ethyl adjacent to an activating group) is 1. The van der Waals surface area contributed by atoms with Gasteiger partial charge >= 0.3 is 0 Å². The summed E-state index contributed by atoms with van der Waals surface area (Å²) in [4.78, 5) is 7.86. The second-order valence-corrected chi connectivity index (χ2v) is 5.46. The Morgan fingerprint density at radius 1 is 1.41 bits per heavy atom. The lowest BCUT2D eigenvalue weighted by atomic mass is 10.3. The molecule has 2 heterocycles. The third kappa shape index (κ3) is 2.68. The molecule has 17 heavy (non-hydrogen) atoms. The summed E-state index contributed by atoms with van der Waals surface area (Å²) in [5.41, 5.74) is 3.70. The first kappa shape index (κ1) is 12.5. The monoisotopic (exact) mass is 252 g/mol. The molecule has 0 saturated heterocycles. The predicted molar refractivity (Wildman–Crippen MR) is 72.8 cm³/mol. The third-order valence-corrected chi connectivity index (χ3v) is 3.80. The summed E-state index contributed by atoms with van der Waals surface area (Å²) in [5, 5.41) is 5.63. The normalized spacial score (nSPS) is 11.8. The van der Waals surface area contributed by atoms with Gasteiger partial charge in [0.05, 0.1) is 11.4 Å². The zero-order valence-electron chi connectivity index (χ0n) is 10.9. The molecule has 0 bridgehead atoms. The molecule has 5 heteroatoms. The minimum Gasteiger partial charge on any atom is -0.310 e. The summed E-state index contributed by atoms with van der Waals surface area (Å²) >= 11 is 1.71. The predicted octanol–water partition coefficient (Wildman–Crippen LogP) is 1.66. The van der Waals surface area contributed by atoms with E-state index in [4.69, 9.17) is 0 Å². The minimum atomic E-state index is 0.887. The second-order valence-electron chi connectivity index (χ2n) is 4.62. The molecule has 2 aromatic rings. The first-order valence-electron chi connectivity index (χ1n) is 5.87. The maximum atomic E-state index is 4.58.